The van der Waals surface area contributed by atoms with E-state index in [0.717, 1.165) is 32.6 Å². The number of nitrogens with zero attached hydrogens (tertiary/aromatic N) is 2. The highest BCUT2D eigenvalue weighted by atomic mass is 15.3. The van der Waals surface area contributed by atoms with Crippen LogP contribution in [0.5, 0.6) is 0 Å². The van der Waals surface area contributed by atoms with Gasteiger partial charge in [-0.05, 0) is 32.5 Å². The average molecular weight is 247 g/mol. The van der Waals surface area contributed by atoms with Crippen molar-refractivity contribution in [2.75, 3.05) is 33.2 Å². The van der Waals surface area contributed by atoms with E-state index in [0.29, 0.717) is 12.1 Å². The fourth-order valence-corrected chi connectivity index (χ4v) is 2.97. The normalized spacial score (nSPS) is 24.1. The van der Waals surface area contributed by atoms with Crippen molar-refractivity contribution < 1.29 is 0 Å². The first-order valence-corrected chi connectivity index (χ1v) is 6.91. The molecule has 1 saturated heterocycles. The van der Waals surface area contributed by atoms with Crippen LogP contribution < -0.4 is 5.73 Å². The Morgan fingerprint density at radius 1 is 1.28 bits per heavy atom. The van der Waals surface area contributed by atoms with Gasteiger partial charge < -0.3 is 10.6 Å². The molecular weight excluding hydrogens is 222 g/mol. The number of piperazine rings is 1. The molecule has 0 aromatic heterocycles. The van der Waals surface area contributed by atoms with E-state index in [1.165, 1.54) is 5.56 Å². The highest BCUT2D eigenvalue weighted by molar-refractivity contribution is 5.19. The Morgan fingerprint density at radius 3 is 2.61 bits per heavy atom. The number of hydrogen-bond acceptors (Lipinski definition) is 3. The molecule has 1 aromatic rings. The fraction of sp³-hybridized carbons (Fsp3) is 0.600. The van der Waals surface area contributed by atoms with Crippen molar-refractivity contribution in [3.05, 3.63) is 35.9 Å². The Bertz CT molecular complexity index is 352. The summed E-state index contributed by atoms with van der Waals surface area (Å²) in [6, 6.07) is 11.9. The molecule has 0 aliphatic carbocycles. The van der Waals surface area contributed by atoms with Crippen molar-refractivity contribution in [3.8, 4) is 0 Å². The summed E-state index contributed by atoms with van der Waals surface area (Å²) in [7, 11) is 2.20. The molecule has 0 saturated carbocycles. The monoisotopic (exact) mass is 247 g/mol. The maximum atomic E-state index is 5.81. The largest absolute Gasteiger partial charge is 0.330 e. The van der Waals surface area contributed by atoms with Crippen molar-refractivity contribution >= 4 is 0 Å². The third-order valence-corrected chi connectivity index (χ3v) is 3.91. The van der Waals surface area contributed by atoms with Gasteiger partial charge in [-0.3, -0.25) is 4.90 Å². The van der Waals surface area contributed by atoms with E-state index in [1.54, 1.807) is 0 Å². The summed E-state index contributed by atoms with van der Waals surface area (Å²) in [5.41, 5.74) is 7.21. The smallest absolute Gasteiger partial charge is 0.0364 e. The Labute approximate surface area is 111 Å². The molecule has 18 heavy (non-hydrogen) atoms. The van der Waals surface area contributed by atoms with E-state index in [4.69, 9.17) is 5.73 Å². The second-order valence-electron chi connectivity index (χ2n) is 5.35. The zero-order chi connectivity index (χ0) is 13.0. The SMILES string of the molecule is CC1CN(C)CCN1C(CCN)c1ccccc1. The Morgan fingerprint density at radius 2 is 2.00 bits per heavy atom. The van der Waals surface area contributed by atoms with Crippen LogP contribution in [0, 0.1) is 0 Å². The van der Waals surface area contributed by atoms with Crippen LogP contribution in [0.2, 0.25) is 0 Å². The lowest BCUT2D eigenvalue weighted by atomic mass is 9.99. The maximum absolute atomic E-state index is 5.81. The molecule has 2 rings (SSSR count). The van der Waals surface area contributed by atoms with Crippen molar-refractivity contribution in [3.63, 3.8) is 0 Å². The lowest BCUT2D eigenvalue weighted by molar-refractivity contribution is 0.0579. The standard InChI is InChI=1S/C15H25N3/c1-13-12-17(2)10-11-18(13)15(8-9-16)14-6-4-3-5-7-14/h3-7,13,15H,8-12,16H2,1-2H3. The lowest BCUT2D eigenvalue weighted by Crippen LogP contribution is -2.51. The van der Waals surface area contributed by atoms with Gasteiger partial charge in [-0.1, -0.05) is 30.3 Å². The molecule has 1 aromatic carbocycles. The van der Waals surface area contributed by atoms with Crippen LogP contribution in [0.3, 0.4) is 0 Å². The van der Waals surface area contributed by atoms with E-state index >= 15 is 0 Å². The van der Waals surface area contributed by atoms with Gasteiger partial charge in [0.1, 0.15) is 0 Å². The molecule has 3 nitrogen and oxygen atoms in total. The van der Waals surface area contributed by atoms with E-state index in [9.17, 15) is 0 Å². The van der Waals surface area contributed by atoms with Gasteiger partial charge in [-0.15, -0.1) is 0 Å². The minimum Gasteiger partial charge on any atom is -0.330 e. The summed E-state index contributed by atoms with van der Waals surface area (Å²) < 4.78 is 0. The van der Waals surface area contributed by atoms with Crippen molar-refractivity contribution in [1.29, 1.82) is 0 Å². The third kappa shape index (κ3) is 3.10. The Balaban J connectivity index is 2.15. The lowest BCUT2D eigenvalue weighted by Gasteiger charge is -2.43. The van der Waals surface area contributed by atoms with Crippen LogP contribution in [-0.4, -0.2) is 49.1 Å². The van der Waals surface area contributed by atoms with Gasteiger partial charge in [-0.25, -0.2) is 0 Å². The van der Waals surface area contributed by atoms with Crippen molar-refractivity contribution in [1.82, 2.24) is 9.80 Å². The highest BCUT2D eigenvalue weighted by Gasteiger charge is 2.28. The molecule has 0 amide bonds. The first-order chi connectivity index (χ1) is 8.72. The molecule has 0 spiro atoms. The predicted octanol–water partition coefficient (Wildman–Crippen LogP) is 1.71. The van der Waals surface area contributed by atoms with E-state index in [1.807, 2.05) is 0 Å². The predicted molar refractivity (Wildman–Crippen MR) is 76.5 cm³/mol. The molecule has 2 unspecified atom stereocenters. The van der Waals surface area contributed by atoms with Crippen LogP contribution >= 0.6 is 0 Å². The van der Waals surface area contributed by atoms with Crippen molar-refractivity contribution in [2.24, 2.45) is 5.73 Å². The summed E-state index contributed by atoms with van der Waals surface area (Å²) in [4.78, 5) is 5.02. The molecule has 0 bridgehead atoms. The van der Waals surface area contributed by atoms with Gasteiger partial charge in [0.05, 0.1) is 0 Å². The highest BCUT2D eigenvalue weighted by Crippen LogP contribution is 2.27. The molecule has 2 N–H and O–H groups in total. The summed E-state index contributed by atoms with van der Waals surface area (Å²) in [5.74, 6) is 0. The summed E-state index contributed by atoms with van der Waals surface area (Å²) in [5, 5.41) is 0. The van der Waals surface area contributed by atoms with Crippen LogP contribution in [0.1, 0.15) is 24.9 Å². The summed E-state index contributed by atoms with van der Waals surface area (Å²) in [6.07, 6.45) is 1.04. The number of nitrogens with two attached hydrogens (primary N) is 1. The number of hydrogen-bond donors (Lipinski definition) is 1. The van der Waals surface area contributed by atoms with Crippen LogP contribution in [0.15, 0.2) is 30.3 Å². The summed E-state index contributed by atoms with van der Waals surface area (Å²) in [6.45, 7) is 6.50. The summed E-state index contributed by atoms with van der Waals surface area (Å²) >= 11 is 0. The average Bonchev–Trinajstić information content (AvgIpc) is 2.38. The van der Waals surface area contributed by atoms with E-state index < -0.39 is 0 Å². The number of benzene rings is 1. The van der Waals surface area contributed by atoms with E-state index in [-0.39, 0.29) is 0 Å². The van der Waals surface area contributed by atoms with Gasteiger partial charge >= 0.3 is 0 Å². The van der Waals surface area contributed by atoms with Crippen LogP contribution in [0.4, 0.5) is 0 Å². The van der Waals surface area contributed by atoms with Crippen molar-refractivity contribution in [2.45, 2.75) is 25.4 Å². The Hall–Kier alpha value is -0.900. The number of rotatable bonds is 4. The maximum Gasteiger partial charge on any atom is 0.0364 e. The van der Waals surface area contributed by atoms with Gasteiger partial charge in [-0.2, -0.15) is 0 Å². The molecule has 2 atom stereocenters. The molecule has 3 heteroatoms. The second kappa shape index (κ2) is 6.32. The first kappa shape index (κ1) is 13.5. The molecular formula is C15H25N3. The van der Waals surface area contributed by atoms with Gasteiger partial charge in [0.25, 0.3) is 0 Å². The van der Waals surface area contributed by atoms with Gasteiger partial charge in [0, 0.05) is 31.7 Å². The minimum absolute atomic E-state index is 0.472. The zero-order valence-corrected chi connectivity index (χ0v) is 11.5. The molecule has 1 aliphatic rings. The molecule has 0 radical (unpaired) electrons. The Kier molecular flexibility index (Phi) is 4.75. The van der Waals surface area contributed by atoms with Crippen LogP contribution in [0.25, 0.3) is 0 Å². The molecule has 100 valence electrons. The molecule has 1 heterocycles. The van der Waals surface area contributed by atoms with Gasteiger partial charge in [0.15, 0.2) is 0 Å². The second-order valence-corrected chi connectivity index (χ2v) is 5.35. The number of likely N-dealkylation sites (N-methyl/N-ethyl adjacent to an activating group) is 1. The zero-order valence-electron chi connectivity index (χ0n) is 11.5. The molecule has 1 aliphatic heterocycles. The van der Waals surface area contributed by atoms with Crippen LogP contribution in [-0.2, 0) is 0 Å². The van der Waals surface area contributed by atoms with E-state index in [2.05, 4.69) is 54.1 Å². The fourth-order valence-electron chi connectivity index (χ4n) is 2.97. The first-order valence-electron chi connectivity index (χ1n) is 6.91. The quantitative estimate of drug-likeness (QED) is 0.879. The van der Waals surface area contributed by atoms with Gasteiger partial charge in [0.2, 0.25) is 0 Å². The molecule has 1 fully saturated rings. The topological polar surface area (TPSA) is 32.5 Å². The minimum atomic E-state index is 0.472. The third-order valence-electron chi connectivity index (χ3n) is 3.91.